The number of aromatic nitrogens is 2. The number of hydrogen-bond donors (Lipinski definition) is 3. The van der Waals surface area contributed by atoms with E-state index in [1.165, 1.54) is 18.3 Å². The largest absolute Gasteiger partial charge is 0.475 e. The maximum atomic E-state index is 12.0. The lowest BCUT2D eigenvalue weighted by atomic mass is 10.2. The van der Waals surface area contributed by atoms with E-state index in [0.717, 1.165) is 0 Å². The highest BCUT2D eigenvalue weighted by Crippen LogP contribution is 2.14. The van der Waals surface area contributed by atoms with Crippen LogP contribution in [0, 0.1) is 0 Å². The second-order valence-electron chi connectivity index (χ2n) is 4.68. The molecule has 0 saturated heterocycles. The lowest BCUT2D eigenvalue weighted by Gasteiger charge is -2.03. The molecule has 0 fully saturated rings. The molecule has 9 heteroatoms. The van der Waals surface area contributed by atoms with Gasteiger partial charge in [-0.15, -0.1) is 0 Å². The summed E-state index contributed by atoms with van der Waals surface area (Å²) in [6, 6.07) is 2.66. The molecule has 0 amide bonds. The number of carbonyl (C=O) groups is 1. The average Bonchev–Trinajstić information content (AvgIpc) is 3.06. The Morgan fingerprint density at radius 3 is 2.71 bits per heavy atom. The highest BCUT2D eigenvalue weighted by atomic mass is 32.2. The summed E-state index contributed by atoms with van der Waals surface area (Å²) in [6.07, 6.45) is 1.24. The SMILES string of the molecule is CC(C)c1ncc(S(=O)(=O)NCc2ccc(C(=O)O)o2)[nH]1. The van der Waals surface area contributed by atoms with Gasteiger partial charge in [0.2, 0.25) is 5.76 Å². The number of rotatable bonds is 6. The van der Waals surface area contributed by atoms with Gasteiger partial charge >= 0.3 is 5.97 Å². The highest BCUT2D eigenvalue weighted by molar-refractivity contribution is 7.89. The number of hydrogen-bond acceptors (Lipinski definition) is 5. The van der Waals surface area contributed by atoms with Crippen LogP contribution in [0.3, 0.4) is 0 Å². The first-order chi connectivity index (χ1) is 9.79. The van der Waals surface area contributed by atoms with E-state index in [-0.39, 0.29) is 29.0 Å². The summed E-state index contributed by atoms with van der Waals surface area (Å²) in [7, 11) is -3.76. The molecule has 2 rings (SSSR count). The first-order valence-electron chi connectivity index (χ1n) is 6.16. The third kappa shape index (κ3) is 3.50. The third-order valence-corrected chi connectivity index (χ3v) is 4.03. The van der Waals surface area contributed by atoms with Crippen molar-refractivity contribution in [2.75, 3.05) is 0 Å². The maximum Gasteiger partial charge on any atom is 0.371 e. The van der Waals surface area contributed by atoms with E-state index in [1.54, 1.807) is 0 Å². The second-order valence-corrected chi connectivity index (χ2v) is 6.42. The number of H-pyrrole nitrogens is 1. The predicted molar refractivity (Wildman–Crippen MR) is 72.4 cm³/mol. The van der Waals surface area contributed by atoms with E-state index in [4.69, 9.17) is 9.52 Å². The van der Waals surface area contributed by atoms with E-state index < -0.39 is 16.0 Å². The Bertz CT molecular complexity index is 745. The molecule has 2 aromatic rings. The number of carboxylic acid groups (broad SMARTS) is 1. The van der Waals surface area contributed by atoms with E-state index in [0.29, 0.717) is 5.82 Å². The van der Waals surface area contributed by atoms with Crippen molar-refractivity contribution in [3.05, 3.63) is 35.7 Å². The molecule has 0 bridgehead atoms. The lowest BCUT2D eigenvalue weighted by molar-refractivity contribution is 0.0660. The van der Waals surface area contributed by atoms with Crippen molar-refractivity contribution in [2.24, 2.45) is 0 Å². The third-order valence-electron chi connectivity index (χ3n) is 2.72. The summed E-state index contributed by atoms with van der Waals surface area (Å²) in [6.45, 7) is 3.63. The summed E-state index contributed by atoms with van der Waals surface area (Å²) in [4.78, 5) is 17.4. The van der Waals surface area contributed by atoms with Crippen LogP contribution < -0.4 is 4.72 Å². The van der Waals surface area contributed by atoms with Crippen LogP contribution in [-0.4, -0.2) is 29.5 Å². The standard InChI is InChI=1S/C12H15N3O5S/c1-7(2)11-13-6-10(15-11)21(18,19)14-5-8-3-4-9(20-8)12(16)17/h3-4,6-7,14H,5H2,1-2H3,(H,13,15)(H,16,17). The van der Waals surface area contributed by atoms with Crippen molar-refractivity contribution in [1.82, 2.24) is 14.7 Å². The number of sulfonamides is 1. The van der Waals surface area contributed by atoms with E-state index in [1.807, 2.05) is 13.8 Å². The van der Waals surface area contributed by atoms with Crippen LogP contribution in [-0.2, 0) is 16.6 Å². The zero-order valence-electron chi connectivity index (χ0n) is 11.5. The number of furan rings is 1. The van der Waals surface area contributed by atoms with Crippen molar-refractivity contribution in [3.63, 3.8) is 0 Å². The molecule has 0 aliphatic carbocycles. The molecule has 114 valence electrons. The molecule has 0 saturated carbocycles. The number of carboxylic acids is 1. The van der Waals surface area contributed by atoms with E-state index in [2.05, 4.69) is 14.7 Å². The Hall–Kier alpha value is -2.13. The van der Waals surface area contributed by atoms with Gasteiger partial charge in [0.25, 0.3) is 10.0 Å². The van der Waals surface area contributed by atoms with Gasteiger partial charge < -0.3 is 14.5 Å². The van der Waals surface area contributed by atoms with Crippen LogP contribution in [0.5, 0.6) is 0 Å². The van der Waals surface area contributed by atoms with Crippen molar-refractivity contribution < 1.29 is 22.7 Å². The Balaban J connectivity index is 2.08. The molecule has 0 unspecified atom stereocenters. The van der Waals surface area contributed by atoms with Gasteiger partial charge in [-0.3, -0.25) is 0 Å². The van der Waals surface area contributed by atoms with Crippen LogP contribution in [0.1, 0.15) is 41.9 Å². The number of nitrogens with one attached hydrogen (secondary N) is 2. The Kier molecular flexibility index (Phi) is 4.14. The van der Waals surface area contributed by atoms with Crippen molar-refractivity contribution >= 4 is 16.0 Å². The minimum atomic E-state index is -3.76. The first kappa shape index (κ1) is 15.3. The van der Waals surface area contributed by atoms with Crippen molar-refractivity contribution in [2.45, 2.75) is 31.3 Å². The summed E-state index contributed by atoms with van der Waals surface area (Å²) in [5.41, 5.74) is 0. The molecule has 0 aliphatic rings. The minimum Gasteiger partial charge on any atom is -0.475 e. The first-order valence-corrected chi connectivity index (χ1v) is 7.64. The van der Waals surface area contributed by atoms with Crippen LogP contribution in [0.2, 0.25) is 0 Å². The molecular weight excluding hydrogens is 298 g/mol. The summed E-state index contributed by atoms with van der Waals surface area (Å²) < 4.78 is 31.4. The number of nitrogens with zero attached hydrogens (tertiary/aromatic N) is 1. The van der Waals surface area contributed by atoms with Gasteiger partial charge in [0.1, 0.15) is 11.6 Å². The number of aromatic carboxylic acids is 1. The molecule has 21 heavy (non-hydrogen) atoms. The Morgan fingerprint density at radius 1 is 1.48 bits per heavy atom. The van der Waals surface area contributed by atoms with Crippen LogP contribution in [0.25, 0.3) is 0 Å². The lowest BCUT2D eigenvalue weighted by Crippen LogP contribution is -2.23. The van der Waals surface area contributed by atoms with Gasteiger partial charge in [-0.2, -0.15) is 0 Å². The monoisotopic (exact) mass is 313 g/mol. The van der Waals surface area contributed by atoms with Gasteiger partial charge in [0, 0.05) is 5.92 Å². The molecule has 0 atom stereocenters. The highest BCUT2D eigenvalue weighted by Gasteiger charge is 2.19. The molecule has 0 aromatic carbocycles. The van der Waals surface area contributed by atoms with Gasteiger partial charge in [0.05, 0.1) is 12.7 Å². The molecule has 0 radical (unpaired) electrons. The zero-order chi connectivity index (χ0) is 15.6. The summed E-state index contributed by atoms with van der Waals surface area (Å²) >= 11 is 0. The Labute approximate surface area is 121 Å². The average molecular weight is 313 g/mol. The molecule has 3 N–H and O–H groups in total. The predicted octanol–water partition coefficient (Wildman–Crippen LogP) is 1.30. The van der Waals surface area contributed by atoms with Crippen LogP contribution >= 0.6 is 0 Å². The van der Waals surface area contributed by atoms with Crippen molar-refractivity contribution in [1.29, 1.82) is 0 Å². The molecular formula is C12H15N3O5S. The smallest absolute Gasteiger partial charge is 0.371 e. The topological polar surface area (TPSA) is 125 Å². The fourth-order valence-corrected chi connectivity index (χ4v) is 2.50. The number of aromatic amines is 1. The second kappa shape index (κ2) is 5.70. The van der Waals surface area contributed by atoms with Crippen LogP contribution in [0.4, 0.5) is 0 Å². The molecule has 0 spiro atoms. The molecule has 2 aromatic heterocycles. The van der Waals surface area contributed by atoms with Crippen molar-refractivity contribution in [3.8, 4) is 0 Å². The minimum absolute atomic E-state index is 0.0452. The molecule has 8 nitrogen and oxygen atoms in total. The summed E-state index contributed by atoms with van der Waals surface area (Å²) in [5, 5.41) is 8.67. The van der Waals surface area contributed by atoms with Gasteiger partial charge in [-0.05, 0) is 12.1 Å². The van der Waals surface area contributed by atoms with E-state index in [9.17, 15) is 13.2 Å². The van der Waals surface area contributed by atoms with Gasteiger partial charge in [-0.1, -0.05) is 13.8 Å². The molecule has 0 aliphatic heterocycles. The number of imidazole rings is 1. The Morgan fingerprint density at radius 2 is 2.19 bits per heavy atom. The quantitative estimate of drug-likeness (QED) is 0.738. The fourth-order valence-electron chi connectivity index (χ4n) is 1.58. The molecule has 2 heterocycles. The van der Waals surface area contributed by atoms with E-state index >= 15 is 0 Å². The zero-order valence-corrected chi connectivity index (χ0v) is 12.3. The normalized spacial score (nSPS) is 12.0. The fraction of sp³-hybridized carbons (Fsp3) is 0.333. The van der Waals surface area contributed by atoms with Crippen LogP contribution in [0.15, 0.2) is 27.8 Å². The summed E-state index contributed by atoms with van der Waals surface area (Å²) in [5.74, 6) is -0.592. The maximum absolute atomic E-state index is 12.0. The van der Waals surface area contributed by atoms with Gasteiger partial charge in [0.15, 0.2) is 5.03 Å². The van der Waals surface area contributed by atoms with Gasteiger partial charge in [-0.25, -0.2) is 22.9 Å².